The Morgan fingerprint density at radius 1 is 0.967 bits per heavy atom. The lowest BCUT2D eigenvalue weighted by Gasteiger charge is -2.38. The zero-order valence-electron chi connectivity index (χ0n) is 17.7. The average Bonchev–Trinajstić information content (AvgIpc) is 3.17. The smallest absolute Gasteiger partial charge is 0.252 e. The molecule has 5 rings (SSSR count). The van der Waals surface area contributed by atoms with Crippen LogP contribution in [0, 0.1) is 0 Å². The molecule has 1 aliphatic carbocycles. The predicted octanol–water partition coefficient (Wildman–Crippen LogP) is 3.40. The fourth-order valence-corrected chi connectivity index (χ4v) is 5.03. The first-order valence-electron chi connectivity index (χ1n) is 11.4. The van der Waals surface area contributed by atoms with E-state index in [1.165, 1.54) is 31.4 Å². The summed E-state index contributed by atoms with van der Waals surface area (Å²) in [6, 6.07) is 12.7. The number of anilines is 1. The summed E-state index contributed by atoms with van der Waals surface area (Å²) in [5.74, 6) is 0.803. The monoisotopic (exact) mass is 405 g/mol. The molecular formula is C25H31N3O2. The molecule has 30 heavy (non-hydrogen) atoms. The first-order valence-corrected chi connectivity index (χ1v) is 11.4. The van der Waals surface area contributed by atoms with E-state index in [1.807, 2.05) is 18.2 Å². The normalized spacial score (nSPS) is 18.7. The lowest BCUT2D eigenvalue weighted by atomic mass is 9.90. The quantitative estimate of drug-likeness (QED) is 0.749. The average molecular weight is 406 g/mol. The molecule has 5 nitrogen and oxygen atoms in total. The number of benzene rings is 2. The minimum Gasteiger partial charge on any atom is -0.494 e. The van der Waals surface area contributed by atoms with Crippen molar-refractivity contribution < 1.29 is 9.53 Å². The molecule has 1 fully saturated rings. The molecule has 2 aromatic carbocycles. The van der Waals surface area contributed by atoms with Crippen LogP contribution in [0.2, 0.25) is 0 Å². The third-order valence-electron chi connectivity index (χ3n) is 6.74. The minimum atomic E-state index is 0.00741. The van der Waals surface area contributed by atoms with E-state index in [0.29, 0.717) is 13.2 Å². The molecule has 5 heteroatoms. The summed E-state index contributed by atoms with van der Waals surface area (Å²) in [5.41, 5.74) is 6.48. The molecule has 0 bridgehead atoms. The number of hydrogen-bond acceptors (Lipinski definition) is 4. The van der Waals surface area contributed by atoms with Crippen molar-refractivity contribution in [3.05, 3.63) is 58.7 Å². The number of carbonyl (C=O) groups excluding carboxylic acids is 1. The third kappa shape index (κ3) is 4.04. The number of amides is 1. The van der Waals surface area contributed by atoms with Gasteiger partial charge in [-0.05, 0) is 67.0 Å². The lowest BCUT2D eigenvalue weighted by Crippen LogP contribution is -2.47. The first-order chi connectivity index (χ1) is 14.8. The fraction of sp³-hybridized carbons (Fsp3) is 0.480. The van der Waals surface area contributed by atoms with Crippen molar-refractivity contribution in [2.75, 3.05) is 44.2 Å². The predicted molar refractivity (Wildman–Crippen MR) is 119 cm³/mol. The van der Waals surface area contributed by atoms with E-state index in [1.54, 1.807) is 11.1 Å². The van der Waals surface area contributed by atoms with Gasteiger partial charge in [-0.2, -0.15) is 0 Å². The number of ether oxygens (including phenoxy) is 1. The van der Waals surface area contributed by atoms with Crippen molar-refractivity contribution in [3.8, 4) is 5.75 Å². The number of fused-ring (bicyclic) bond motifs is 2. The summed E-state index contributed by atoms with van der Waals surface area (Å²) in [6.07, 6.45) is 6.17. The van der Waals surface area contributed by atoms with Crippen LogP contribution in [-0.2, 0) is 19.4 Å². The largest absolute Gasteiger partial charge is 0.494 e. The van der Waals surface area contributed by atoms with Gasteiger partial charge in [-0.15, -0.1) is 0 Å². The Hall–Kier alpha value is -2.53. The zero-order chi connectivity index (χ0) is 20.3. The molecule has 0 spiro atoms. The van der Waals surface area contributed by atoms with Crippen LogP contribution >= 0.6 is 0 Å². The van der Waals surface area contributed by atoms with Gasteiger partial charge < -0.3 is 15.0 Å². The number of nitrogens with one attached hydrogen (secondary N) is 1. The molecule has 158 valence electrons. The van der Waals surface area contributed by atoms with E-state index in [0.717, 1.165) is 56.0 Å². The van der Waals surface area contributed by atoms with Crippen LogP contribution in [-0.4, -0.2) is 50.1 Å². The van der Waals surface area contributed by atoms with Gasteiger partial charge >= 0.3 is 0 Å². The Labute approximate surface area is 179 Å². The Bertz CT molecular complexity index is 919. The van der Waals surface area contributed by atoms with Crippen LogP contribution in [0.1, 0.15) is 46.3 Å². The van der Waals surface area contributed by atoms with E-state index in [-0.39, 0.29) is 5.91 Å². The Morgan fingerprint density at radius 3 is 2.73 bits per heavy atom. The van der Waals surface area contributed by atoms with Crippen LogP contribution in [0.3, 0.4) is 0 Å². The van der Waals surface area contributed by atoms with Gasteiger partial charge in [-0.3, -0.25) is 9.69 Å². The number of rotatable bonds is 6. The molecule has 2 heterocycles. The second-order valence-corrected chi connectivity index (χ2v) is 8.65. The third-order valence-corrected chi connectivity index (χ3v) is 6.74. The van der Waals surface area contributed by atoms with E-state index in [9.17, 15) is 4.79 Å². The van der Waals surface area contributed by atoms with Crippen LogP contribution in [0.25, 0.3) is 0 Å². The molecule has 0 saturated carbocycles. The van der Waals surface area contributed by atoms with Gasteiger partial charge in [0.05, 0.1) is 6.61 Å². The summed E-state index contributed by atoms with van der Waals surface area (Å²) in [4.78, 5) is 16.9. The van der Waals surface area contributed by atoms with Gasteiger partial charge in [0, 0.05) is 50.5 Å². The minimum absolute atomic E-state index is 0.00741. The number of carbonyl (C=O) groups is 1. The molecule has 1 amide bonds. The second kappa shape index (κ2) is 8.68. The standard InChI is InChI=1S/C25H31N3O2/c29-25-23-17-21(10-9-20(23)18-26-25)30-16-4-11-27-12-14-28(15-13-27)24-8-3-6-19-5-1-2-7-22(19)24/h3,6,8-10,17H,1-2,4-5,7,11-16,18H2,(H,26,29). The molecule has 2 aromatic rings. The van der Waals surface area contributed by atoms with Gasteiger partial charge in [0.2, 0.25) is 0 Å². The molecule has 1 saturated heterocycles. The highest BCUT2D eigenvalue weighted by Gasteiger charge is 2.22. The summed E-state index contributed by atoms with van der Waals surface area (Å²) < 4.78 is 5.91. The highest BCUT2D eigenvalue weighted by Crippen LogP contribution is 2.31. The SMILES string of the molecule is O=C1NCc2ccc(OCCCN3CCN(c4cccc5c4CCCC5)CC3)cc21. The maximum absolute atomic E-state index is 11.8. The Morgan fingerprint density at radius 2 is 1.83 bits per heavy atom. The van der Waals surface area contributed by atoms with E-state index in [4.69, 9.17) is 4.74 Å². The molecule has 0 unspecified atom stereocenters. The Kier molecular flexibility index (Phi) is 5.63. The van der Waals surface area contributed by atoms with Crippen molar-refractivity contribution in [2.45, 2.75) is 38.6 Å². The highest BCUT2D eigenvalue weighted by molar-refractivity contribution is 5.98. The second-order valence-electron chi connectivity index (χ2n) is 8.65. The Balaban J connectivity index is 1.08. The van der Waals surface area contributed by atoms with Crippen LogP contribution in [0.5, 0.6) is 5.75 Å². The lowest BCUT2D eigenvalue weighted by molar-refractivity contribution is 0.0965. The van der Waals surface area contributed by atoms with E-state index >= 15 is 0 Å². The number of piperazine rings is 1. The van der Waals surface area contributed by atoms with Crippen molar-refractivity contribution in [3.63, 3.8) is 0 Å². The maximum Gasteiger partial charge on any atom is 0.252 e. The van der Waals surface area contributed by atoms with Crippen molar-refractivity contribution in [1.82, 2.24) is 10.2 Å². The van der Waals surface area contributed by atoms with Gasteiger partial charge in [-0.25, -0.2) is 0 Å². The number of aryl methyl sites for hydroxylation is 1. The summed E-state index contributed by atoms with van der Waals surface area (Å²) in [5, 5.41) is 2.85. The van der Waals surface area contributed by atoms with E-state index < -0.39 is 0 Å². The molecule has 0 aromatic heterocycles. The van der Waals surface area contributed by atoms with Crippen LogP contribution in [0.4, 0.5) is 5.69 Å². The summed E-state index contributed by atoms with van der Waals surface area (Å²) in [6.45, 7) is 6.82. The van der Waals surface area contributed by atoms with Crippen molar-refractivity contribution in [2.24, 2.45) is 0 Å². The van der Waals surface area contributed by atoms with E-state index in [2.05, 4.69) is 33.3 Å². The molecular weight excluding hydrogens is 374 g/mol. The van der Waals surface area contributed by atoms with Gasteiger partial charge in [-0.1, -0.05) is 18.2 Å². The molecule has 0 atom stereocenters. The topological polar surface area (TPSA) is 44.8 Å². The number of hydrogen-bond donors (Lipinski definition) is 1. The van der Waals surface area contributed by atoms with Crippen molar-refractivity contribution in [1.29, 1.82) is 0 Å². The van der Waals surface area contributed by atoms with Crippen LogP contribution in [0.15, 0.2) is 36.4 Å². The van der Waals surface area contributed by atoms with Gasteiger partial charge in [0.25, 0.3) is 5.91 Å². The van der Waals surface area contributed by atoms with Crippen LogP contribution < -0.4 is 15.0 Å². The van der Waals surface area contributed by atoms with Gasteiger partial charge in [0.1, 0.15) is 5.75 Å². The molecule has 3 aliphatic rings. The summed E-state index contributed by atoms with van der Waals surface area (Å²) >= 11 is 0. The fourth-order valence-electron chi connectivity index (χ4n) is 5.03. The first kappa shape index (κ1) is 19.4. The highest BCUT2D eigenvalue weighted by atomic mass is 16.5. The molecule has 0 radical (unpaired) electrons. The number of nitrogens with zero attached hydrogens (tertiary/aromatic N) is 2. The molecule has 1 N–H and O–H groups in total. The summed E-state index contributed by atoms with van der Waals surface area (Å²) in [7, 11) is 0. The van der Waals surface area contributed by atoms with Gasteiger partial charge in [0.15, 0.2) is 0 Å². The van der Waals surface area contributed by atoms with Crippen molar-refractivity contribution >= 4 is 11.6 Å². The maximum atomic E-state index is 11.8. The molecule has 2 aliphatic heterocycles. The zero-order valence-corrected chi connectivity index (χ0v) is 17.7.